The molecule has 96 valence electrons. The minimum Gasteiger partial charge on any atom is -0.494 e. The van der Waals surface area contributed by atoms with Gasteiger partial charge in [0.25, 0.3) is 0 Å². The third kappa shape index (κ3) is 2.71. The number of benzene rings is 1. The van der Waals surface area contributed by atoms with Gasteiger partial charge in [-0.15, -0.1) is 11.3 Å². The second-order valence-corrected chi connectivity index (χ2v) is 5.16. The van der Waals surface area contributed by atoms with Crippen LogP contribution < -0.4 is 10.5 Å². The zero-order valence-electron chi connectivity index (χ0n) is 10.9. The Kier molecular flexibility index (Phi) is 3.99. The zero-order valence-corrected chi connectivity index (χ0v) is 11.8. The normalized spacial score (nSPS) is 12.4. The molecule has 1 atom stereocenters. The number of nitrogens with two attached hydrogens (primary N) is 1. The summed E-state index contributed by atoms with van der Waals surface area (Å²) in [7, 11) is 0. The molecule has 0 aliphatic rings. The molecule has 1 unspecified atom stereocenters. The molecule has 0 aliphatic heterocycles. The zero-order chi connectivity index (χ0) is 13.1. The lowest BCUT2D eigenvalue weighted by Crippen LogP contribution is -2.03. The lowest BCUT2D eigenvalue weighted by molar-refractivity contribution is 0.338. The van der Waals surface area contributed by atoms with Crippen molar-refractivity contribution >= 4 is 11.3 Å². The van der Waals surface area contributed by atoms with Crippen molar-refractivity contribution in [3.05, 3.63) is 34.2 Å². The van der Waals surface area contributed by atoms with E-state index in [-0.39, 0.29) is 6.04 Å². The summed E-state index contributed by atoms with van der Waals surface area (Å²) in [6.07, 6.45) is 0. The van der Waals surface area contributed by atoms with E-state index < -0.39 is 0 Å². The van der Waals surface area contributed by atoms with E-state index >= 15 is 0 Å². The maximum absolute atomic E-state index is 5.83. The molecule has 0 saturated heterocycles. The summed E-state index contributed by atoms with van der Waals surface area (Å²) >= 11 is 1.61. The molecule has 1 heterocycles. The summed E-state index contributed by atoms with van der Waals surface area (Å²) in [6, 6.07) is 6.13. The van der Waals surface area contributed by atoms with Crippen LogP contribution in [0.5, 0.6) is 5.75 Å². The van der Waals surface area contributed by atoms with Gasteiger partial charge in [0.15, 0.2) is 0 Å². The Hall–Kier alpha value is -1.39. The molecule has 18 heavy (non-hydrogen) atoms. The van der Waals surface area contributed by atoms with Crippen LogP contribution in [0.2, 0.25) is 0 Å². The van der Waals surface area contributed by atoms with Crippen LogP contribution in [0.15, 0.2) is 23.6 Å². The molecule has 0 spiro atoms. The Morgan fingerprint density at radius 3 is 2.78 bits per heavy atom. The largest absolute Gasteiger partial charge is 0.494 e. The third-order valence-corrected chi connectivity index (χ3v) is 3.73. The number of nitrogens with zero attached hydrogens (tertiary/aromatic N) is 1. The van der Waals surface area contributed by atoms with Crippen LogP contribution in [0.4, 0.5) is 0 Å². The molecule has 4 heteroatoms. The number of aryl methyl sites for hydroxylation is 1. The van der Waals surface area contributed by atoms with Gasteiger partial charge in [0.1, 0.15) is 10.8 Å². The molecular weight excluding hydrogens is 244 g/mol. The van der Waals surface area contributed by atoms with Crippen molar-refractivity contribution in [1.82, 2.24) is 4.98 Å². The summed E-state index contributed by atoms with van der Waals surface area (Å²) in [5, 5.41) is 3.02. The van der Waals surface area contributed by atoms with Gasteiger partial charge < -0.3 is 10.5 Å². The molecule has 2 aromatic rings. The summed E-state index contributed by atoms with van der Waals surface area (Å²) < 4.78 is 5.53. The van der Waals surface area contributed by atoms with E-state index in [1.54, 1.807) is 11.3 Å². The topological polar surface area (TPSA) is 48.1 Å². The Morgan fingerprint density at radius 2 is 2.22 bits per heavy atom. The summed E-state index contributed by atoms with van der Waals surface area (Å²) in [5.41, 5.74) is 9.05. The highest BCUT2D eigenvalue weighted by Gasteiger charge is 2.09. The van der Waals surface area contributed by atoms with Crippen LogP contribution in [0.25, 0.3) is 11.3 Å². The van der Waals surface area contributed by atoms with Gasteiger partial charge in [-0.05, 0) is 44.5 Å². The van der Waals surface area contributed by atoms with Gasteiger partial charge in [-0.1, -0.05) is 0 Å². The van der Waals surface area contributed by atoms with E-state index in [1.807, 2.05) is 38.3 Å². The molecule has 0 amide bonds. The van der Waals surface area contributed by atoms with Crippen molar-refractivity contribution in [2.75, 3.05) is 6.61 Å². The maximum Gasteiger partial charge on any atom is 0.122 e. The van der Waals surface area contributed by atoms with Gasteiger partial charge in [0.2, 0.25) is 0 Å². The van der Waals surface area contributed by atoms with Gasteiger partial charge in [-0.25, -0.2) is 4.98 Å². The molecular formula is C14H18N2OS. The fourth-order valence-electron chi connectivity index (χ4n) is 1.76. The number of hydrogen-bond acceptors (Lipinski definition) is 4. The highest BCUT2D eigenvalue weighted by molar-refractivity contribution is 7.10. The molecule has 0 aliphatic carbocycles. The monoisotopic (exact) mass is 262 g/mol. The molecule has 0 bridgehead atoms. The summed E-state index contributed by atoms with van der Waals surface area (Å²) in [6.45, 7) is 6.67. The smallest absolute Gasteiger partial charge is 0.122 e. The first-order valence-electron chi connectivity index (χ1n) is 6.06. The number of aromatic nitrogens is 1. The van der Waals surface area contributed by atoms with Crippen LogP contribution >= 0.6 is 11.3 Å². The second-order valence-electron chi connectivity index (χ2n) is 4.27. The first kappa shape index (κ1) is 13.1. The molecule has 0 saturated carbocycles. The van der Waals surface area contributed by atoms with Crippen molar-refractivity contribution in [3.63, 3.8) is 0 Å². The molecule has 2 rings (SSSR count). The highest BCUT2D eigenvalue weighted by Crippen LogP contribution is 2.28. The van der Waals surface area contributed by atoms with Crippen molar-refractivity contribution in [2.24, 2.45) is 5.73 Å². The Bertz CT molecular complexity index is 534. The third-order valence-electron chi connectivity index (χ3n) is 2.68. The van der Waals surface area contributed by atoms with Crippen LogP contribution in [0.3, 0.4) is 0 Å². The van der Waals surface area contributed by atoms with Crippen molar-refractivity contribution < 1.29 is 4.74 Å². The average Bonchev–Trinajstić information content (AvgIpc) is 2.81. The van der Waals surface area contributed by atoms with Gasteiger partial charge in [-0.3, -0.25) is 0 Å². The van der Waals surface area contributed by atoms with E-state index in [0.29, 0.717) is 6.61 Å². The fraction of sp³-hybridized carbons (Fsp3) is 0.357. The van der Waals surface area contributed by atoms with Crippen molar-refractivity contribution in [1.29, 1.82) is 0 Å². The molecule has 1 aromatic heterocycles. The first-order chi connectivity index (χ1) is 8.61. The standard InChI is InChI=1S/C14H18N2OS/c1-4-17-13-6-5-11(7-9(13)2)12-8-18-14(16-12)10(3)15/h5-8,10H,4,15H2,1-3H3. The predicted molar refractivity (Wildman–Crippen MR) is 76.1 cm³/mol. The molecule has 0 fully saturated rings. The molecule has 0 radical (unpaired) electrons. The fourth-order valence-corrected chi connectivity index (χ4v) is 2.54. The van der Waals surface area contributed by atoms with Gasteiger partial charge >= 0.3 is 0 Å². The van der Waals surface area contributed by atoms with Crippen LogP contribution in [-0.4, -0.2) is 11.6 Å². The van der Waals surface area contributed by atoms with Crippen molar-refractivity contribution in [2.45, 2.75) is 26.8 Å². The van der Waals surface area contributed by atoms with E-state index in [2.05, 4.69) is 11.1 Å². The minimum absolute atomic E-state index is 0.00690. The predicted octanol–water partition coefficient (Wildman–Crippen LogP) is 3.54. The van der Waals surface area contributed by atoms with E-state index in [1.165, 1.54) is 0 Å². The van der Waals surface area contributed by atoms with E-state index in [4.69, 9.17) is 10.5 Å². The Balaban J connectivity index is 2.30. The van der Waals surface area contributed by atoms with Gasteiger partial charge in [0.05, 0.1) is 18.3 Å². The van der Waals surface area contributed by atoms with Crippen LogP contribution in [0, 0.1) is 6.92 Å². The highest BCUT2D eigenvalue weighted by atomic mass is 32.1. The lowest BCUT2D eigenvalue weighted by atomic mass is 10.1. The van der Waals surface area contributed by atoms with Gasteiger partial charge in [0, 0.05) is 10.9 Å². The van der Waals surface area contributed by atoms with Crippen molar-refractivity contribution in [3.8, 4) is 17.0 Å². The number of thiazole rings is 1. The minimum atomic E-state index is -0.00690. The molecule has 3 nitrogen and oxygen atoms in total. The SMILES string of the molecule is CCOc1ccc(-c2csc(C(C)N)n2)cc1C. The number of hydrogen-bond donors (Lipinski definition) is 1. The van der Waals surface area contributed by atoms with Crippen LogP contribution in [0.1, 0.15) is 30.5 Å². The number of ether oxygens (including phenoxy) is 1. The van der Waals surface area contributed by atoms with Crippen LogP contribution in [-0.2, 0) is 0 Å². The van der Waals surface area contributed by atoms with E-state index in [0.717, 1.165) is 27.6 Å². The Morgan fingerprint density at radius 1 is 1.44 bits per heavy atom. The molecule has 1 aromatic carbocycles. The lowest BCUT2D eigenvalue weighted by Gasteiger charge is -2.08. The Labute approximate surface area is 112 Å². The van der Waals surface area contributed by atoms with E-state index in [9.17, 15) is 0 Å². The second kappa shape index (κ2) is 5.50. The average molecular weight is 262 g/mol. The summed E-state index contributed by atoms with van der Waals surface area (Å²) in [4.78, 5) is 4.55. The van der Waals surface area contributed by atoms with Gasteiger partial charge in [-0.2, -0.15) is 0 Å². The number of rotatable bonds is 4. The maximum atomic E-state index is 5.83. The first-order valence-corrected chi connectivity index (χ1v) is 6.94. The summed E-state index contributed by atoms with van der Waals surface area (Å²) in [5.74, 6) is 0.934. The molecule has 2 N–H and O–H groups in total. The quantitative estimate of drug-likeness (QED) is 0.916.